The van der Waals surface area contributed by atoms with Crippen LogP contribution in [0.15, 0.2) is 28.7 Å². The summed E-state index contributed by atoms with van der Waals surface area (Å²) < 4.78 is 5.52. The van der Waals surface area contributed by atoms with Gasteiger partial charge in [0.15, 0.2) is 0 Å². The maximum absolute atomic E-state index is 9.99. The number of benzene rings is 1. The maximum Gasteiger partial charge on any atom is 0.138 e. The molecule has 1 aliphatic carbocycles. The van der Waals surface area contributed by atoms with Crippen molar-refractivity contribution in [3.8, 4) is 0 Å². The molecule has 1 aromatic heterocycles. The van der Waals surface area contributed by atoms with Crippen LogP contribution in [0.1, 0.15) is 24.7 Å². The third-order valence-electron chi connectivity index (χ3n) is 3.22. The molecular weight excluding hydrogens is 240 g/mol. The van der Waals surface area contributed by atoms with Gasteiger partial charge in [0.2, 0.25) is 0 Å². The summed E-state index contributed by atoms with van der Waals surface area (Å²) >= 11 is 5.88. The van der Waals surface area contributed by atoms with Crippen molar-refractivity contribution in [1.82, 2.24) is 0 Å². The summed E-state index contributed by atoms with van der Waals surface area (Å²) in [5.74, 6) is 0.614. The van der Waals surface area contributed by atoms with Crippen LogP contribution >= 0.6 is 11.6 Å². The van der Waals surface area contributed by atoms with Crippen LogP contribution in [-0.4, -0.2) is 16.3 Å². The van der Waals surface area contributed by atoms with Crippen LogP contribution in [0.2, 0.25) is 5.02 Å². The molecule has 3 nitrogen and oxygen atoms in total. The van der Waals surface area contributed by atoms with Gasteiger partial charge < -0.3 is 14.6 Å². The molecule has 2 atom stereocenters. The Morgan fingerprint density at radius 3 is 2.71 bits per heavy atom. The zero-order valence-corrected chi connectivity index (χ0v) is 9.89. The van der Waals surface area contributed by atoms with Gasteiger partial charge in [-0.05, 0) is 43.0 Å². The van der Waals surface area contributed by atoms with Crippen LogP contribution in [0.5, 0.6) is 0 Å². The van der Waals surface area contributed by atoms with E-state index in [-0.39, 0.29) is 5.92 Å². The minimum atomic E-state index is -0.950. The van der Waals surface area contributed by atoms with E-state index in [1.165, 1.54) is 0 Å². The quantitative estimate of drug-likeness (QED) is 0.883. The highest BCUT2D eigenvalue weighted by Gasteiger charge is 2.36. The van der Waals surface area contributed by atoms with Gasteiger partial charge in [-0.3, -0.25) is 0 Å². The molecule has 3 rings (SSSR count). The molecule has 90 valence electrons. The topological polar surface area (TPSA) is 53.6 Å². The number of halogens is 1. The molecule has 0 amide bonds. The Balaban J connectivity index is 1.94. The van der Waals surface area contributed by atoms with E-state index in [1.54, 1.807) is 24.3 Å². The van der Waals surface area contributed by atoms with Gasteiger partial charge in [0, 0.05) is 10.4 Å². The number of aliphatic hydroxyl groups is 2. The summed E-state index contributed by atoms with van der Waals surface area (Å²) in [5, 5.41) is 21.3. The lowest BCUT2D eigenvalue weighted by Crippen LogP contribution is -2.19. The number of hydrogen-bond donors (Lipinski definition) is 2. The number of rotatable bonds is 3. The van der Waals surface area contributed by atoms with E-state index in [9.17, 15) is 10.2 Å². The van der Waals surface area contributed by atoms with E-state index in [0.29, 0.717) is 16.4 Å². The summed E-state index contributed by atoms with van der Waals surface area (Å²) in [5.41, 5.74) is 0.673. The van der Waals surface area contributed by atoms with Gasteiger partial charge in [-0.2, -0.15) is 0 Å². The summed E-state index contributed by atoms with van der Waals surface area (Å²) in [6, 6.07) is 7.01. The fourth-order valence-corrected chi connectivity index (χ4v) is 2.22. The molecule has 4 heteroatoms. The first-order valence-electron chi connectivity index (χ1n) is 5.70. The Labute approximate surface area is 104 Å². The Bertz CT molecular complexity index is 545. The molecule has 0 radical (unpaired) electrons. The first-order chi connectivity index (χ1) is 8.15. The van der Waals surface area contributed by atoms with Crippen molar-refractivity contribution in [3.05, 3.63) is 35.0 Å². The molecule has 2 N–H and O–H groups in total. The number of hydrogen-bond acceptors (Lipinski definition) is 3. The lowest BCUT2D eigenvalue weighted by molar-refractivity contribution is -0.00632. The second-order valence-electron chi connectivity index (χ2n) is 4.60. The lowest BCUT2D eigenvalue weighted by atomic mass is 10.1. The first-order valence-corrected chi connectivity index (χ1v) is 6.08. The second-order valence-corrected chi connectivity index (χ2v) is 5.04. The number of fused-ring (bicyclic) bond motifs is 1. The third-order valence-corrected chi connectivity index (χ3v) is 3.45. The smallest absolute Gasteiger partial charge is 0.138 e. The highest BCUT2D eigenvalue weighted by atomic mass is 35.5. The van der Waals surface area contributed by atoms with E-state index < -0.39 is 12.2 Å². The molecule has 0 bridgehead atoms. The monoisotopic (exact) mass is 252 g/mol. The molecule has 1 aliphatic rings. The average molecular weight is 253 g/mol. The van der Waals surface area contributed by atoms with Crippen molar-refractivity contribution in [1.29, 1.82) is 0 Å². The first kappa shape index (κ1) is 11.1. The fraction of sp³-hybridized carbons (Fsp3) is 0.385. The Morgan fingerprint density at radius 1 is 1.24 bits per heavy atom. The van der Waals surface area contributed by atoms with Gasteiger partial charge >= 0.3 is 0 Å². The number of aliphatic hydroxyl groups excluding tert-OH is 2. The van der Waals surface area contributed by atoms with Crippen molar-refractivity contribution < 1.29 is 14.6 Å². The minimum absolute atomic E-state index is 0.210. The van der Waals surface area contributed by atoms with Gasteiger partial charge in [-0.25, -0.2) is 0 Å². The summed E-state index contributed by atoms with van der Waals surface area (Å²) in [6.07, 6.45) is 0.272. The molecule has 2 unspecified atom stereocenters. The van der Waals surface area contributed by atoms with Crippen LogP contribution in [0.25, 0.3) is 11.0 Å². The predicted octanol–water partition coefficient (Wildman–Crippen LogP) is 2.89. The standard InChI is InChI=1S/C13H13ClO3/c14-9-3-4-10-8(5-9)6-11(17-10)13(16)12(15)7-1-2-7/h3-7,12-13,15-16H,1-2H2. The van der Waals surface area contributed by atoms with E-state index in [2.05, 4.69) is 0 Å². The number of furan rings is 1. The molecule has 0 saturated heterocycles. The van der Waals surface area contributed by atoms with Crippen molar-refractivity contribution in [3.63, 3.8) is 0 Å². The molecule has 1 fully saturated rings. The van der Waals surface area contributed by atoms with Crippen LogP contribution in [-0.2, 0) is 0 Å². The summed E-state index contributed by atoms with van der Waals surface area (Å²) in [6.45, 7) is 0. The summed E-state index contributed by atoms with van der Waals surface area (Å²) in [4.78, 5) is 0. The van der Waals surface area contributed by atoms with Crippen LogP contribution in [0, 0.1) is 5.92 Å². The van der Waals surface area contributed by atoms with Crippen molar-refractivity contribution >= 4 is 22.6 Å². The molecule has 0 spiro atoms. The predicted molar refractivity (Wildman–Crippen MR) is 64.9 cm³/mol. The Kier molecular flexibility index (Phi) is 2.62. The van der Waals surface area contributed by atoms with Gasteiger partial charge in [-0.15, -0.1) is 0 Å². The zero-order chi connectivity index (χ0) is 12.0. The molecule has 1 saturated carbocycles. The fourth-order valence-electron chi connectivity index (χ4n) is 2.04. The Morgan fingerprint density at radius 2 is 2.00 bits per heavy atom. The molecule has 0 aliphatic heterocycles. The highest BCUT2D eigenvalue weighted by molar-refractivity contribution is 6.31. The van der Waals surface area contributed by atoms with Gasteiger partial charge in [0.1, 0.15) is 17.4 Å². The van der Waals surface area contributed by atoms with E-state index >= 15 is 0 Å². The second kappa shape index (κ2) is 4.02. The van der Waals surface area contributed by atoms with Gasteiger partial charge in [0.25, 0.3) is 0 Å². The SMILES string of the molecule is OC(c1cc2cc(Cl)ccc2o1)C(O)C1CC1. The van der Waals surface area contributed by atoms with E-state index in [0.717, 1.165) is 18.2 Å². The maximum atomic E-state index is 9.99. The molecule has 2 aromatic rings. The van der Waals surface area contributed by atoms with Gasteiger partial charge in [0.05, 0.1) is 6.10 Å². The molecule has 1 heterocycles. The highest BCUT2D eigenvalue weighted by Crippen LogP contribution is 2.39. The van der Waals surface area contributed by atoms with E-state index in [1.807, 2.05) is 0 Å². The van der Waals surface area contributed by atoms with Crippen LogP contribution in [0.3, 0.4) is 0 Å². The average Bonchev–Trinajstić information content (AvgIpc) is 3.07. The molecular formula is C13H13ClO3. The third kappa shape index (κ3) is 2.06. The van der Waals surface area contributed by atoms with Crippen LogP contribution < -0.4 is 0 Å². The lowest BCUT2D eigenvalue weighted by Gasteiger charge is -2.14. The van der Waals surface area contributed by atoms with Crippen molar-refractivity contribution in [2.24, 2.45) is 5.92 Å². The normalized spacial score (nSPS) is 19.5. The largest absolute Gasteiger partial charge is 0.458 e. The Hall–Kier alpha value is -1.03. The summed E-state index contributed by atoms with van der Waals surface area (Å²) in [7, 11) is 0. The van der Waals surface area contributed by atoms with Crippen molar-refractivity contribution in [2.75, 3.05) is 0 Å². The zero-order valence-electron chi connectivity index (χ0n) is 9.14. The van der Waals surface area contributed by atoms with Gasteiger partial charge in [-0.1, -0.05) is 11.6 Å². The molecule has 17 heavy (non-hydrogen) atoms. The molecule has 1 aromatic carbocycles. The minimum Gasteiger partial charge on any atom is -0.458 e. The van der Waals surface area contributed by atoms with E-state index in [4.69, 9.17) is 16.0 Å². The van der Waals surface area contributed by atoms with Crippen molar-refractivity contribution in [2.45, 2.75) is 25.0 Å². The van der Waals surface area contributed by atoms with Crippen LogP contribution in [0.4, 0.5) is 0 Å².